The van der Waals surface area contributed by atoms with Crippen LogP contribution >= 0.6 is 0 Å². The Hall–Kier alpha value is -3.40. The maximum atomic E-state index is 13.9. The third-order valence-corrected chi connectivity index (χ3v) is 6.65. The number of hydrogen-bond donors (Lipinski definition) is 1. The Morgan fingerprint density at radius 3 is 1.77 bits per heavy atom. The summed E-state index contributed by atoms with van der Waals surface area (Å²) < 4.78 is 0. The zero-order valence-corrected chi connectivity index (χ0v) is 21.2. The molecule has 0 saturated carbocycles. The van der Waals surface area contributed by atoms with Gasteiger partial charge in [-0.3, -0.25) is 9.59 Å². The quantitative estimate of drug-likeness (QED) is 0.354. The van der Waals surface area contributed by atoms with Crippen LogP contribution in [0.2, 0.25) is 0 Å². The molecule has 4 nitrogen and oxygen atoms in total. The van der Waals surface area contributed by atoms with Gasteiger partial charge in [0.2, 0.25) is 11.8 Å². The third-order valence-electron chi connectivity index (χ3n) is 6.65. The summed E-state index contributed by atoms with van der Waals surface area (Å²) in [6.45, 7) is 6.54. The SMILES string of the molecule is CC[C@@H](C)NC(=O)[C@@H](CC)N(CCc1ccccc1)C(=O)CC(c1ccccc1)c1ccccc1. The zero-order valence-electron chi connectivity index (χ0n) is 21.2. The molecule has 0 unspecified atom stereocenters. The lowest BCUT2D eigenvalue weighted by Crippen LogP contribution is -2.52. The van der Waals surface area contributed by atoms with Crippen LogP contribution in [-0.4, -0.2) is 35.3 Å². The normalized spacial score (nSPS) is 12.7. The Labute approximate surface area is 210 Å². The summed E-state index contributed by atoms with van der Waals surface area (Å²) in [4.78, 5) is 29.0. The first-order chi connectivity index (χ1) is 17.0. The second-order valence-corrected chi connectivity index (χ2v) is 9.14. The minimum absolute atomic E-state index is 0.00443. The topological polar surface area (TPSA) is 49.4 Å². The molecule has 35 heavy (non-hydrogen) atoms. The molecule has 0 aliphatic rings. The molecule has 2 atom stereocenters. The summed E-state index contributed by atoms with van der Waals surface area (Å²) in [6.07, 6.45) is 2.45. The van der Waals surface area contributed by atoms with Gasteiger partial charge in [-0.1, -0.05) is 105 Å². The molecule has 3 rings (SSSR count). The van der Waals surface area contributed by atoms with Crippen LogP contribution in [0.4, 0.5) is 0 Å². The molecule has 0 heterocycles. The number of carbonyl (C=O) groups is 2. The molecule has 0 aliphatic heterocycles. The Balaban J connectivity index is 1.89. The van der Waals surface area contributed by atoms with Crippen molar-refractivity contribution in [3.05, 3.63) is 108 Å². The van der Waals surface area contributed by atoms with Crippen molar-refractivity contribution < 1.29 is 9.59 Å². The molecule has 1 N–H and O–H groups in total. The molecule has 0 spiro atoms. The fourth-order valence-electron chi connectivity index (χ4n) is 4.43. The number of rotatable bonds is 12. The monoisotopic (exact) mass is 470 g/mol. The van der Waals surface area contributed by atoms with E-state index >= 15 is 0 Å². The average Bonchev–Trinajstić information content (AvgIpc) is 2.90. The fraction of sp³-hybridized carbons (Fsp3) is 0.355. The average molecular weight is 471 g/mol. The van der Waals surface area contributed by atoms with Crippen molar-refractivity contribution in [2.75, 3.05) is 6.54 Å². The second kappa shape index (κ2) is 13.5. The Morgan fingerprint density at radius 1 is 0.771 bits per heavy atom. The van der Waals surface area contributed by atoms with Crippen molar-refractivity contribution in [1.82, 2.24) is 10.2 Å². The number of nitrogens with one attached hydrogen (secondary N) is 1. The summed E-state index contributed by atoms with van der Waals surface area (Å²) in [7, 11) is 0. The fourth-order valence-corrected chi connectivity index (χ4v) is 4.43. The molecule has 0 radical (unpaired) electrons. The van der Waals surface area contributed by atoms with Crippen molar-refractivity contribution in [2.24, 2.45) is 0 Å². The number of amides is 2. The van der Waals surface area contributed by atoms with Crippen LogP contribution in [0, 0.1) is 0 Å². The standard InChI is InChI=1S/C31H38N2O2/c1-4-24(3)32-31(35)29(5-2)33(22-21-25-15-9-6-10-16-25)30(34)23-28(26-17-11-7-12-18-26)27-19-13-8-14-20-27/h6-20,24,28-29H,4-5,21-23H2,1-3H3,(H,32,35)/t24-,29-/m1/s1. The highest BCUT2D eigenvalue weighted by Crippen LogP contribution is 2.29. The van der Waals surface area contributed by atoms with Gasteiger partial charge in [-0.05, 0) is 42.9 Å². The molecule has 184 valence electrons. The smallest absolute Gasteiger partial charge is 0.243 e. The van der Waals surface area contributed by atoms with E-state index in [4.69, 9.17) is 0 Å². The molecular weight excluding hydrogens is 432 g/mol. The molecule has 0 saturated heterocycles. The minimum atomic E-state index is -0.493. The van der Waals surface area contributed by atoms with E-state index in [1.807, 2.05) is 73.3 Å². The van der Waals surface area contributed by atoms with Crippen LogP contribution < -0.4 is 5.32 Å². The van der Waals surface area contributed by atoms with Gasteiger partial charge in [0.05, 0.1) is 0 Å². The summed E-state index contributed by atoms with van der Waals surface area (Å²) in [6, 6.07) is 30.1. The molecule has 0 fully saturated rings. The largest absolute Gasteiger partial charge is 0.352 e. The van der Waals surface area contributed by atoms with Crippen molar-refractivity contribution in [3.8, 4) is 0 Å². The van der Waals surface area contributed by atoms with E-state index < -0.39 is 6.04 Å². The van der Waals surface area contributed by atoms with Gasteiger partial charge in [0.15, 0.2) is 0 Å². The molecule has 3 aromatic rings. The molecule has 2 amide bonds. The van der Waals surface area contributed by atoms with Gasteiger partial charge >= 0.3 is 0 Å². The van der Waals surface area contributed by atoms with Crippen molar-refractivity contribution >= 4 is 11.8 Å². The third kappa shape index (κ3) is 7.54. The van der Waals surface area contributed by atoms with Gasteiger partial charge in [-0.15, -0.1) is 0 Å². The first-order valence-corrected chi connectivity index (χ1v) is 12.8. The van der Waals surface area contributed by atoms with Gasteiger partial charge < -0.3 is 10.2 Å². The predicted octanol–water partition coefficient (Wildman–Crippen LogP) is 5.97. The predicted molar refractivity (Wildman–Crippen MR) is 143 cm³/mol. The van der Waals surface area contributed by atoms with Crippen LogP contribution in [0.5, 0.6) is 0 Å². The van der Waals surface area contributed by atoms with Crippen LogP contribution in [0.1, 0.15) is 62.6 Å². The molecular formula is C31H38N2O2. The van der Waals surface area contributed by atoms with E-state index in [0.717, 1.165) is 23.1 Å². The molecule has 0 aromatic heterocycles. The van der Waals surface area contributed by atoms with Gasteiger partial charge in [-0.2, -0.15) is 0 Å². The first-order valence-electron chi connectivity index (χ1n) is 12.8. The van der Waals surface area contributed by atoms with Gasteiger partial charge in [-0.25, -0.2) is 0 Å². The van der Waals surface area contributed by atoms with Crippen LogP contribution in [0.3, 0.4) is 0 Å². The van der Waals surface area contributed by atoms with Crippen LogP contribution in [0.15, 0.2) is 91.0 Å². The Morgan fingerprint density at radius 2 is 1.29 bits per heavy atom. The van der Waals surface area contributed by atoms with Crippen molar-refractivity contribution in [2.45, 2.75) is 64.5 Å². The lowest BCUT2D eigenvalue weighted by molar-refractivity contribution is -0.141. The highest BCUT2D eigenvalue weighted by atomic mass is 16.2. The van der Waals surface area contributed by atoms with Crippen molar-refractivity contribution in [3.63, 3.8) is 0 Å². The zero-order chi connectivity index (χ0) is 25.0. The van der Waals surface area contributed by atoms with Crippen LogP contribution in [0.25, 0.3) is 0 Å². The van der Waals surface area contributed by atoms with E-state index in [2.05, 4.69) is 48.6 Å². The molecule has 4 heteroatoms. The lowest BCUT2D eigenvalue weighted by Gasteiger charge is -2.33. The van der Waals surface area contributed by atoms with Gasteiger partial charge in [0.25, 0.3) is 0 Å². The maximum Gasteiger partial charge on any atom is 0.243 e. The highest BCUT2D eigenvalue weighted by Gasteiger charge is 2.31. The second-order valence-electron chi connectivity index (χ2n) is 9.14. The number of carbonyl (C=O) groups excluding carboxylic acids is 2. The van der Waals surface area contributed by atoms with Crippen LogP contribution in [-0.2, 0) is 16.0 Å². The molecule has 0 bridgehead atoms. The number of benzene rings is 3. The molecule has 3 aromatic carbocycles. The molecule has 0 aliphatic carbocycles. The van der Waals surface area contributed by atoms with Crippen molar-refractivity contribution in [1.29, 1.82) is 0 Å². The number of nitrogens with zero attached hydrogens (tertiary/aromatic N) is 1. The summed E-state index contributed by atoms with van der Waals surface area (Å²) >= 11 is 0. The summed E-state index contributed by atoms with van der Waals surface area (Å²) in [5.41, 5.74) is 3.37. The van der Waals surface area contributed by atoms with Gasteiger partial charge in [0, 0.05) is 24.9 Å². The minimum Gasteiger partial charge on any atom is -0.352 e. The van der Waals surface area contributed by atoms with E-state index in [1.165, 1.54) is 0 Å². The van der Waals surface area contributed by atoms with E-state index in [1.54, 1.807) is 0 Å². The maximum absolute atomic E-state index is 13.9. The Bertz CT molecular complexity index is 998. The van der Waals surface area contributed by atoms with E-state index in [0.29, 0.717) is 25.8 Å². The van der Waals surface area contributed by atoms with E-state index in [9.17, 15) is 9.59 Å². The Kier molecular flexibility index (Phi) is 10.1. The van der Waals surface area contributed by atoms with E-state index in [-0.39, 0.29) is 23.8 Å². The highest BCUT2D eigenvalue weighted by molar-refractivity contribution is 5.88. The summed E-state index contributed by atoms with van der Waals surface area (Å²) in [5, 5.41) is 3.10. The van der Waals surface area contributed by atoms with Gasteiger partial charge in [0.1, 0.15) is 6.04 Å². The first kappa shape index (κ1) is 26.2. The lowest BCUT2D eigenvalue weighted by atomic mass is 9.88. The summed E-state index contributed by atoms with van der Waals surface area (Å²) in [5.74, 6) is -0.136. The number of hydrogen-bond acceptors (Lipinski definition) is 2.